The zero-order valence-electron chi connectivity index (χ0n) is 15.2. The normalized spacial score (nSPS) is 11.2. The molecule has 3 aromatic rings. The molecule has 1 heterocycles. The van der Waals surface area contributed by atoms with Crippen molar-refractivity contribution in [3.05, 3.63) is 83.1 Å². The Hall–Kier alpha value is -3.49. The summed E-state index contributed by atoms with van der Waals surface area (Å²) in [4.78, 5) is 0. The fraction of sp³-hybridized carbons (Fsp3) is 0.150. The highest BCUT2D eigenvalue weighted by molar-refractivity contribution is 5.46. The van der Waals surface area contributed by atoms with Crippen molar-refractivity contribution in [1.29, 1.82) is 0 Å². The lowest BCUT2D eigenvalue weighted by molar-refractivity contribution is -0.604. The van der Waals surface area contributed by atoms with Gasteiger partial charge in [-0.25, -0.2) is 4.39 Å². The number of aromatic nitrogens is 1. The summed E-state index contributed by atoms with van der Waals surface area (Å²) < 4.78 is 61.5. The molecule has 0 saturated heterocycles. The van der Waals surface area contributed by atoms with E-state index in [1.807, 2.05) is 0 Å². The molecular weight excluding hydrogens is 392 g/mol. The first-order valence-corrected chi connectivity index (χ1v) is 8.45. The highest BCUT2D eigenvalue weighted by atomic mass is 19.4. The fourth-order valence-electron chi connectivity index (χ4n) is 2.57. The van der Waals surface area contributed by atoms with Gasteiger partial charge in [0.1, 0.15) is 28.8 Å². The van der Waals surface area contributed by atoms with Crippen molar-refractivity contribution in [1.82, 2.24) is 0 Å². The SMILES string of the molecule is Cc1ccc(Oc2ccc(OC(F)(F)F)cc2)c(CNc2ccc[n+]([O-])c2)c1F. The third kappa shape index (κ3) is 5.50. The molecule has 29 heavy (non-hydrogen) atoms. The van der Waals surface area contributed by atoms with E-state index in [0.29, 0.717) is 16.0 Å². The highest BCUT2D eigenvalue weighted by Gasteiger charge is 2.31. The molecule has 0 amide bonds. The average molecular weight is 408 g/mol. The number of halogens is 4. The number of anilines is 1. The van der Waals surface area contributed by atoms with Crippen LogP contribution in [0.4, 0.5) is 23.2 Å². The van der Waals surface area contributed by atoms with Gasteiger partial charge in [-0.2, -0.15) is 4.73 Å². The molecule has 0 bridgehead atoms. The number of aryl methyl sites for hydroxylation is 1. The summed E-state index contributed by atoms with van der Waals surface area (Å²) in [5.41, 5.74) is 1.10. The Balaban J connectivity index is 1.79. The van der Waals surface area contributed by atoms with Crippen LogP contribution >= 0.6 is 0 Å². The summed E-state index contributed by atoms with van der Waals surface area (Å²) in [5, 5.41) is 14.3. The second kappa shape index (κ2) is 8.26. The quantitative estimate of drug-likeness (QED) is 0.352. The van der Waals surface area contributed by atoms with E-state index < -0.39 is 17.9 Å². The maximum absolute atomic E-state index is 14.7. The summed E-state index contributed by atoms with van der Waals surface area (Å²) >= 11 is 0. The largest absolute Gasteiger partial charge is 0.619 e. The fourth-order valence-corrected chi connectivity index (χ4v) is 2.57. The Morgan fingerprint density at radius 3 is 2.38 bits per heavy atom. The summed E-state index contributed by atoms with van der Waals surface area (Å²) in [6, 6.07) is 11.1. The van der Waals surface area contributed by atoms with Gasteiger partial charge in [-0.1, -0.05) is 6.07 Å². The molecule has 0 aliphatic rings. The van der Waals surface area contributed by atoms with Crippen LogP contribution in [0.25, 0.3) is 0 Å². The predicted molar refractivity (Wildman–Crippen MR) is 97.1 cm³/mol. The van der Waals surface area contributed by atoms with E-state index in [4.69, 9.17) is 4.74 Å². The molecule has 0 atom stereocenters. The number of benzene rings is 2. The molecule has 0 radical (unpaired) electrons. The number of ether oxygens (including phenoxy) is 2. The summed E-state index contributed by atoms with van der Waals surface area (Å²) in [7, 11) is 0. The lowest BCUT2D eigenvalue weighted by atomic mass is 10.1. The van der Waals surface area contributed by atoms with Crippen LogP contribution in [0.3, 0.4) is 0 Å². The van der Waals surface area contributed by atoms with Gasteiger partial charge in [-0.3, -0.25) is 0 Å². The van der Waals surface area contributed by atoms with Crippen LogP contribution in [0.5, 0.6) is 17.2 Å². The van der Waals surface area contributed by atoms with Gasteiger partial charge in [0.2, 0.25) is 6.20 Å². The van der Waals surface area contributed by atoms with Crippen molar-refractivity contribution < 1.29 is 31.8 Å². The van der Waals surface area contributed by atoms with Crippen molar-refractivity contribution >= 4 is 5.69 Å². The zero-order valence-corrected chi connectivity index (χ0v) is 15.2. The molecule has 0 fully saturated rings. The molecule has 0 aliphatic carbocycles. The first-order chi connectivity index (χ1) is 13.7. The van der Waals surface area contributed by atoms with Crippen molar-refractivity contribution in [2.75, 3.05) is 5.32 Å². The monoisotopic (exact) mass is 408 g/mol. The Morgan fingerprint density at radius 2 is 1.72 bits per heavy atom. The van der Waals surface area contributed by atoms with Crippen molar-refractivity contribution in [2.24, 2.45) is 0 Å². The minimum Gasteiger partial charge on any atom is -0.619 e. The van der Waals surface area contributed by atoms with E-state index >= 15 is 0 Å². The molecule has 5 nitrogen and oxygen atoms in total. The third-order valence-electron chi connectivity index (χ3n) is 3.92. The Kier molecular flexibility index (Phi) is 5.76. The van der Waals surface area contributed by atoms with E-state index in [1.54, 1.807) is 25.1 Å². The first kappa shape index (κ1) is 20.2. The minimum absolute atomic E-state index is 0.0299. The van der Waals surface area contributed by atoms with E-state index in [9.17, 15) is 22.8 Å². The van der Waals surface area contributed by atoms with Gasteiger partial charge in [0.15, 0.2) is 6.20 Å². The number of rotatable bonds is 6. The second-order valence-corrected chi connectivity index (χ2v) is 6.10. The van der Waals surface area contributed by atoms with Gasteiger partial charge < -0.3 is 20.0 Å². The summed E-state index contributed by atoms with van der Waals surface area (Å²) in [5.74, 6) is -0.480. The molecule has 0 spiro atoms. The van der Waals surface area contributed by atoms with Gasteiger partial charge in [-0.05, 0) is 48.9 Å². The number of nitrogens with one attached hydrogen (secondary N) is 1. The van der Waals surface area contributed by atoms with Gasteiger partial charge in [0.05, 0.1) is 0 Å². The molecule has 2 aromatic carbocycles. The predicted octanol–water partition coefficient (Wildman–Crippen LogP) is 5.07. The molecule has 0 aliphatic heterocycles. The Labute approximate surface area is 163 Å². The maximum Gasteiger partial charge on any atom is 0.573 e. The van der Waals surface area contributed by atoms with Crippen LogP contribution < -0.4 is 19.5 Å². The average Bonchev–Trinajstić information content (AvgIpc) is 2.65. The van der Waals surface area contributed by atoms with Gasteiger partial charge in [-0.15, -0.1) is 13.2 Å². The third-order valence-corrected chi connectivity index (χ3v) is 3.92. The van der Waals surface area contributed by atoms with E-state index in [0.717, 1.165) is 12.1 Å². The molecule has 0 unspecified atom stereocenters. The summed E-state index contributed by atoms with van der Waals surface area (Å²) in [6.45, 7) is 1.63. The minimum atomic E-state index is -4.79. The van der Waals surface area contributed by atoms with E-state index in [2.05, 4.69) is 10.1 Å². The molecule has 0 saturated carbocycles. The van der Waals surface area contributed by atoms with Crippen molar-refractivity contribution in [2.45, 2.75) is 19.8 Å². The second-order valence-electron chi connectivity index (χ2n) is 6.10. The molecule has 9 heteroatoms. The Bertz CT molecular complexity index is 992. The van der Waals surface area contributed by atoms with Crippen LogP contribution in [0.15, 0.2) is 60.9 Å². The lowest BCUT2D eigenvalue weighted by Gasteiger charge is -2.15. The zero-order chi connectivity index (χ0) is 21.0. The van der Waals surface area contributed by atoms with Crippen LogP contribution in [-0.4, -0.2) is 6.36 Å². The standard InChI is InChI=1S/C20H16F4N2O3/c1-13-4-9-18(28-15-5-7-16(8-6-15)29-20(22,23)24)17(19(13)21)11-25-14-3-2-10-26(27)12-14/h2-10,12,25H,11H2,1H3. The molecule has 152 valence electrons. The van der Waals surface area contributed by atoms with Gasteiger partial charge in [0.25, 0.3) is 0 Å². The Morgan fingerprint density at radius 1 is 1.03 bits per heavy atom. The topological polar surface area (TPSA) is 57.4 Å². The van der Waals surface area contributed by atoms with Crippen LogP contribution in [-0.2, 0) is 6.54 Å². The number of pyridine rings is 1. The van der Waals surface area contributed by atoms with Crippen molar-refractivity contribution in [3.63, 3.8) is 0 Å². The number of hydrogen-bond donors (Lipinski definition) is 1. The number of alkyl halides is 3. The summed E-state index contributed by atoms with van der Waals surface area (Å²) in [6.07, 6.45) is -2.17. The smallest absolute Gasteiger partial charge is 0.573 e. The molecule has 1 N–H and O–H groups in total. The van der Waals surface area contributed by atoms with Crippen LogP contribution in [0, 0.1) is 17.9 Å². The molecule has 1 aromatic heterocycles. The molecular formula is C20H16F4N2O3. The van der Waals surface area contributed by atoms with Gasteiger partial charge >= 0.3 is 6.36 Å². The van der Waals surface area contributed by atoms with Crippen LogP contribution in [0.2, 0.25) is 0 Å². The lowest BCUT2D eigenvalue weighted by Crippen LogP contribution is -2.24. The molecule has 3 rings (SSSR count). The first-order valence-electron chi connectivity index (χ1n) is 8.45. The van der Waals surface area contributed by atoms with Gasteiger partial charge in [0, 0.05) is 18.2 Å². The van der Waals surface area contributed by atoms with Crippen molar-refractivity contribution in [3.8, 4) is 17.2 Å². The number of hydrogen-bond acceptors (Lipinski definition) is 4. The van der Waals surface area contributed by atoms with E-state index in [1.165, 1.54) is 30.6 Å². The number of nitrogens with zero attached hydrogens (tertiary/aromatic N) is 1. The van der Waals surface area contributed by atoms with Crippen LogP contribution in [0.1, 0.15) is 11.1 Å². The van der Waals surface area contributed by atoms with E-state index in [-0.39, 0.29) is 23.6 Å². The maximum atomic E-state index is 14.7. The highest BCUT2D eigenvalue weighted by Crippen LogP contribution is 2.31.